The Balaban J connectivity index is 1.75. The standard InChI is InChI=1S/C15H21ClN2O3S/c16-12-3-4-14(21-8-6-11-1-2-11)15(9-12)22(19,20)18-13-5-7-17-10-13/h3-4,9,11,13,17-18H,1-2,5-8,10H2. The zero-order chi connectivity index (χ0) is 15.6. The fourth-order valence-electron chi connectivity index (χ4n) is 2.59. The molecule has 7 heteroatoms. The van der Waals surface area contributed by atoms with Crippen LogP contribution in [-0.2, 0) is 10.0 Å². The number of ether oxygens (including phenoxy) is 1. The van der Waals surface area contributed by atoms with Gasteiger partial charge >= 0.3 is 0 Å². The Kier molecular flexibility index (Phi) is 4.92. The van der Waals surface area contributed by atoms with E-state index >= 15 is 0 Å². The van der Waals surface area contributed by atoms with Crippen molar-refractivity contribution >= 4 is 21.6 Å². The number of hydrogen-bond acceptors (Lipinski definition) is 4. The molecule has 1 saturated heterocycles. The van der Waals surface area contributed by atoms with Gasteiger partial charge in [0.15, 0.2) is 0 Å². The topological polar surface area (TPSA) is 67.4 Å². The predicted molar refractivity (Wildman–Crippen MR) is 85.9 cm³/mol. The van der Waals surface area contributed by atoms with Crippen LogP contribution in [0.15, 0.2) is 23.1 Å². The summed E-state index contributed by atoms with van der Waals surface area (Å²) in [5, 5.41) is 3.53. The number of nitrogens with one attached hydrogen (secondary N) is 2. The van der Waals surface area contributed by atoms with E-state index in [1.54, 1.807) is 12.1 Å². The summed E-state index contributed by atoms with van der Waals surface area (Å²) in [5.41, 5.74) is 0. The van der Waals surface area contributed by atoms with E-state index in [4.69, 9.17) is 16.3 Å². The van der Waals surface area contributed by atoms with E-state index in [-0.39, 0.29) is 10.9 Å². The average Bonchev–Trinajstić information content (AvgIpc) is 3.16. The molecule has 0 aromatic heterocycles. The van der Waals surface area contributed by atoms with Gasteiger partial charge in [0, 0.05) is 17.6 Å². The van der Waals surface area contributed by atoms with Gasteiger partial charge in [0.25, 0.3) is 0 Å². The molecule has 1 atom stereocenters. The monoisotopic (exact) mass is 344 g/mol. The Morgan fingerprint density at radius 2 is 2.14 bits per heavy atom. The molecule has 1 aromatic rings. The van der Waals surface area contributed by atoms with E-state index in [1.807, 2.05) is 0 Å². The molecule has 1 saturated carbocycles. The van der Waals surface area contributed by atoms with Crippen LogP contribution in [0, 0.1) is 5.92 Å². The summed E-state index contributed by atoms with van der Waals surface area (Å²) in [6, 6.07) is 4.67. The Morgan fingerprint density at radius 3 is 2.82 bits per heavy atom. The van der Waals surface area contributed by atoms with Crippen LogP contribution in [-0.4, -0.2) is 34.2 Å². The lowest BCUT2D eigenvalue weighted by Gasteiger charge is -2.16. The fraction of sp³-hybridized carbons (Fsp3) is 0.600. The van der Waals surface area contributed by atoms with Crippen molar-refractivity contribution in [3.05, 3.63) is 23.2 Å². The lowest BCUT2D eigenvalue weighted by atomic mass is 10.3. The van der Waals surface area contributed by atoms with Gasteiger partial charge in [-0.2, -0.15) is 0 Å². The molecular formula is C15H21ClN2O3S. The number of halogens is 1. The second-order valence-electron chi connectivity index (χ2n) is 5.98. The van der Waals surface area contributed by atoms with Gasteiger partial charge in [-0.1, -0.05) is 24.4 Å². The third kappa shape index (κ3) is 4.13. The highest BCUT2D eigenvalue weighted by Gasteiger charge is 2.26. The highest BCUT2D eigenvalue weighted by atomic mass is 35.5. The van der Waals surface area contributed by atoms with E-state index in [2.05, 4.69) is 10.0 Å². The van der Waals surface area contributed by atoms with E-state index in [9.17, 15) is 8.42 Å². The smallest absolute Gasteiger partial charge is 0.244 e. The molecule has 1 aliphatic heterocycles. The Morgan fingerprint density at radius 1 is 1.32 bits per heavy atom. The summed E-state index contributed by atoms with van der Waals surface area (Å²) in [6.45, 7) is 2.02. The molecule has 1 aromatic carbocycles. The molecule has 2 aliphatic rings. The van der Waals surface area contributed by atoms with Crippen molar-refractivity contribution in [3.8, 4) is 5.75 Å². The van der Waals surface area contributed by atoms with Crippen molar-refractivity contribution in [1.82, 2.24) is 10.0 Å². The fourth-order valence-corrected chi connectivity index (χ4v) is 4.27. The zero-order valence-corrected chi connectivity index (χ0v) is 13.9. The highest BCUT2D eigenvalue weighted by Crippen LogP contribution is 2.33. The van der Waals surface area contributed by atoms with Crippen LogP contribution in [0.1, 0.15) is 25.7 Å². The van der Waals surface area contributed by atoms with Gasteiger partial charge in [-0.3, -0.25) is 0 Å². The van der Waals surface area contributed by atoms with Crippen LogP contribution in [0.5, 0.6) is 5.75 Å². The molecule has 0 radical (unpaired) electrons. The van der Waals surface area contributed by atoms with Crippen LogP contribution in [0.2, 0.25) is 5.02 Å². The van der Waals surface area contributed by atoms with Crippen LogP contribution in [0.3, 0.4) is 0 Å². The zero-order valence-electron chi connectivity index (χ0n) is 12.3. The molecule has 0 bridgehead atoms. The molecule has 3 rings (SSSR count). The number of sulfonamides is 1. The van der Waals surface area contributed by atoms with Gasteiger partial charge in [0.2, 0.25) is 10.0 Å². The van der Waals surface area contributed by atoms with Crippen LogP contribution >= 0.6 is 11.6 Å². The first kappa shape index (κ1) is 16.1. The summed E-state index contributed by atoms with van der Waals surface area (Å²) in [4.78, 5) is 0.127. The molecule has 1 heterocycles. The van der Waals surface area contributed by atoms with Gasteiger partial charge in [0.1, 0.15) is 10.6 Å². The van der Waals surface area contributed by atoms with E-state index < -0.39 is 10.0 Å². The minimum absolute atomic E-state index is 0.0803. The molecule has 0 amide bonds. The molecule has 5 nitrogen and oxygen atoms in total. The third-order valence-electron chi connectivity index (χ3n) is 4.06. The first-order chi connectivity index (χ1) is 10.5. The molecule has 0 spiro atoms. The number of benzene rings is 1. The largest absolute Gasteiger partial charge is 0.492 e. The molecule has 1 unspecified atom stereocenters. The first-order valence-electron chi connectivity index (χ1n) is 7.70. The summed E-state index contributed by atoms with van der Waals surface area (Å²) < 4.78 is 33.6. The maximum atomic E-state index is 12.6. The summed E-state index contributed by atoms with van der Waals surface area (Å²) >= 11 is 5.97. The second kappa shape index (κ2) is 6.74. The molecular weight excluding hydrogens is 324 g/mol. The lowest BCUT2D eigenvalue weighted by molar-refractivity contribution is 0.295. The van der Waals surface area contributed by atoms with Crippen molar-refractivity contribution < 1.29 is 13.2 Å². The normalized spacial score (nSPS) is 22.0. The summed E-state index contributed by atoms with van der Waals surface area (Å²) in [6.07, 6.45) is 4.27. The van der Waals surface area contributed by atoms with Gasteiger partial charge in [-0.25, -0.2) is 13.1 Å². The molecule has 1 aliphatic carbocycles. The maximum absolute atomic E-state index is 12.6. The average molecular weight is 345 g/mol. The molecule has 2 fully saturated rings. The summed E-state index contributed by atoms with van der Waals surface area (Å²) in [7, 11) is -3.63. The number of hydrogen-bond donors (Lipinski definition) is 2. The number of rotatable bonds is 7. The van der Waals surface area contributed by atoms with Crippen molar-refractivity contribution in [2.75, 3.05) is 19.7 Å². The summed E-state index contributed by atoms with van der Waals surface area (Å²) in [5.74, 6) is 1.12. The Hall–Kier alpha value is -0.820. The van der Waals surface area contributed by atoms with E-state index in [1.165, 1.54) is 18.9 Å². The molecule has 122 valence electrons. The van der Waals surface area contributed by atoms with Crippen molar-refractivity contribution in [2.45, 2.75) is 36.6 Å². The minimum Gasteiger partial charge on any atom is -0.492 e. The quantitative estimate of drug-likeness (QED) is 0.795. The van der Waals surface area contributed by atoms with Crippen molar-refractivity contribution in [1.29, 1.82) is 0 Å². The Labute approximate surface area is 136 Å². The van der Waals surface area contributed by atoms with E-state index in [0.717, 1.165) is 25.3 Å². The minimum atomic E-state index is -3.63. The molecule has 2 N–H and O–H groups in total. The van der Waals surface area contributed by atoms with Crippen molar-refractivity contribution in [2.24, 2.45) is 5.92 Å². The van der Waals surface area contributed by atoms with Gasteiger partial charge in [-0.05, 0) is 43.5 Å². The first-order valence-corrected chi connectivity index (χ1v) is 9.56. The maximum Gasteiger partial charge on any atom is 0.244 e. The van der Waals surface area contributed by atoms with Crippen LogP contribution in [0.25, 0.3) is 0 Å². The van der Waals surface area contributed by atoms with Crippen LogP contribution < -0.4 is 14.8 Å². The highest BCUT2D eigenvalue weighted by molar-refractivity contribution is 7.89. The third-order valence-corrected chi connectivity index (χ3v) is 5.83. The van der Waals surface area contributed by atoms with Gasteiger partial charge < -0.3 is 10.1 Å². The van der Waals surface area contributed by atoms with Crippen molar-refractivity contribution in [3.63, 3.8) is 0 Å². The van der Waals surface area contributed by atoms with E-state index in [0.29, 0.717) is 23.9 Å². The SMILES string of the molecule is O=S(=O)(NC1CCNC1)c1cc(Cl)ccc1OCCC1CC1. The Bertz CT molecular complexity index is 626. The lowest BCUT2D eigenvalue weighted by Crippen LogP contribution is -2.36. The predicted octanol–water partition coefficient (Wildman–Crippen LogP) is 2.16. The van der Waals surface area contributed by atoms with Gasteiger partial charge in [0.05, 0.1) is 6.61 Å². The molecule has 22 heavy (non-hydrogen) atoms. The van der Waals surface area contributed by atoms with Crippen LogP contribution in [0.4, 0.5) is 0 Å². The second-order valence-corrected chi connectivity index (χ2v) is 8.10. The van der Waals surface area contributed by atoms with Gasteiger partial charge in [-0.15, -0.1) is 0 Å².